The molecule has 1 aromatic rings. The smallest absolute Gasteiger partial charge is 0.391 e. The molecule has 1 saturated heterocycles. The van der Waals surface area contributed by atoms with E-state index >= 15 is 0 Å². The summed E-state index contributed by atoms with van der Waals surface area (Å²) >= 11 is 0.977. The summed E-state index contributed by atoms with van der Waals surface area (Å²) < 4.78 is 42.8. The molecule has 1 fully saturated rings. The van der Waals surface area contributed by atoms with E-state index in [0.717, 1.165) is 11.3 Å². The molecule has 0 spiro atoms. The van der Waals surface area contributed by atoms with Gasteiger partial charge < -0.3 is 14.7 Å². The maximum atomic E-state index is 12.6. The predicted molar refractivity (Wildman–Crippen MR) is 70.8 cm³/mol. The number of carboxylic acids is 1. The summed E-state index contributed by atoms with van der Waals surface area (Å²) in [7, 11) is 1.43. The number of methoxy groups -OCH3 is 1. The zero-order valence-electron chi connectivity index (χ0n) is 11.3. The summed E-state index contributed by atoms with van der Waals surface area (Å²) in [6.07, 6.45) is -4.15. The summed E-state index contributed by atoms with van der Waals surface area (Å²) in [5, 5.41) is 9.54. The minimum absolute atomic E-state index is 0.00506. The van der Waals surface area contributed by atoms with Crippen LogP contribution in [0.5, 0.6) is 0 Å². The van der Waals surface area contributed by atoms with Gasteiger partial charge in [-0.15, -0.1) is 0 Å². The van der Waals surface area contributed by atoms with Crippen LogP contribution < -0.4 is 4.90 Å². The first kappa shape index (κ1) is 16.0. The Labute approximate surface area is 123 Å². The highest BCUT2D eigenvalue weighted by Gasteiger charge is 2.41. The summed E-state index contributed by atoms with van der Waals surface area (Å²) in [6, 6.07) is 0. The van der Waals surface area contributed by atoms with Crippen LogP contribution in [0.4, 0.5) is 18.3 Å². The van der Waals surface area contributed by atoms with Gasteiger partial charge in [0, 0.05) is 20.2 Å². The lowest BCUT2D eigenvalue weighted by Gasteiger charge is -2.32. The Balaban J connectivity index is 2.10. The van der Waals surface area contributed by atoms with Gasteiger partial charge in [-0.2, -0.15) is 13.2 Å². The van der Waals surface area contributed by atoms with Crippen molar-refractivity contribution < 1.29 is 27.8 Å². The van der Waals surface area contributed by atoms with E-state index in [1.807, 2.05) is 0 Å². The molecule has 0 unspecified atom stereocenters. The van der Waals surface area contributed by atoms with Gasteiger partial charge in [0.15, 0.2) is 5.13 Å². The van der Waals surface area contributed by atoms with Crippen molar-refractivity contribution in [3.63, 3.8) is 0 Å². The molecule has 0 aliphatic carbocycles. The number of alkyl halides is 3. The van der Waals surface area contributed by atoms with Gasteiger partial charge in [-0.05, 0) is 12.8 Å². The third-order valence-corrected chi connectivity index (χ3v) is 4.54. The first-order valence-corrected chi connectivity index (χ1v) is 7.18. The molecule has 9 heteroatoms. The predicted octanol–water partition coefficient (Wildman–Crippen LogP) is 2.77. The number of hydrogen-bond donors (Lipinski definition) is 1. The number of hydrogen-bond acceptors (Lipinski definition) is 5. The molecule has 0 bridgehead atoms. The van der Waals surface area contributed by atoms with E-state index in [1.165, 1.54) is 7.11 Å². The summed E-state index contributed by atoms with van der Waals surface area (Å²) in [5.41, 5.74) is 0.308. The average Bonchev–Trinajstić information content (AvgIpc) is 2.82. The van der Waals surface area contributed by atoms with Crippen LogP contribution in [0.15, 0.2) is 0 Å². The van der Waals surface area contributed by atoms with Gasteiger partial charge in [-0.1, -0.05) is 11.3 Å². The number of piperidine rings is 1. The molecule has 1 aliphatic heterocycles. The average molecular weight is 324 g/mol. The summed E-state index contributed by atoms with van der Waals surface area (Å²) in [4.78, 5) is 17.1. The molecule has 0 atom stereocenters. The van der Waals surface area contributed by atoms with E-state index in [2.05, 4.69) is 4.98 Å². The molecule has 2 heterocycles. The van der Waals surface area contributed by atoms with Gasteiger partial charge >= 0.3 is 12.1 Å². The topological polar surface area (TPSA) is 62.7 Å². The van der Waals surface area contributed by atoms with E-state index < -0.39 is 18.1 Å². The number of halogens is 3. The molecule has 0 aromatic carbocycles. The number of aromatic carboxylic acids is 1. The van der Waals surface area contributed by atoms with Crippen LogP contribution in [-0.4, -0.2) is 42.4 Å². The second kappa shape index (κ2) is 6.18. The third kappa shape index (κ3) is 3.65. The van der Waals surface area contributed by atoms with Gasteiger partial charge in [-0.3, -0.25) is 0 Å². The van der Waals surface area contributed by atoms with Gasteiger partial charge in [-0.25, -0.2) is 9.78 Å². The van der Waals surface area contributed by atoms with Crippen molar-refractivity contribution in [2.45, 2.75) is 25.6 Å². The standard InChI is InChI=1S/C12H15F3N2O3S/c1-20-6-8-9(10(18)19)21-11(16-8)17-4-2-7(3-5-17)12(13,14)15/h7H,2-6H2,1H3,(H,18,19). The van der Waals surface area contributed by atoms with E-state index in [1.54, 1.807) is 4.90 Å². The quantitative estimate of drug-likeness (QED) is 0.923. The Morgan fingerprint density at radius 1 is 1.48 bits per heavy atom. The van der Waals surface area contributed by atoms with E-state index in [-0.39, 0.29) is 37.4 Å². The maximum Gasteiger partial charge on any atom is 0.391 e. The van der Waals surface area contributed by atoms with Crippen molar-refractivity contribution in [3.8, 4) is 0 Å². The number of ether oxygens (including phenoxy) is 1. The van der Waals surface area contributed by atoms with Crippen molar-refractivity contribution >= 4 is 22.4 Å². The summed E-state index contributed by atoms with van der Waals surface area (Å²) in [5.74, 6) is -2.39. The number of nitrogens with zero attached hydrogens (tertiary/aromatic N) is 2. The fraction of sp³-hybridized carbons (Fsp3) is 0.667. The van der Waals surface area contributed by atoms with Crippen LogP contribution in [0.3, 0.4) is 0 Å². The first-order valence-electron chi connectivity index (χ1n) is 6.36. The lowest BCUT2D eigenvalue weighted by molar-refractivity contribution is -0.179. The second-order valence-electron chi connectivity index (χ2n) is 4.81. The normalized spacial score (nSPS) is 17.2. The SMILES string of the molecule is COCc1nc(N2CCC(C(F)(F)F)CC2)sc1C(=O)O. The highest BCUT2D eigenvalue weighted by Crippen LogP contribution is 2.36. The van der Waals surface area contributed by atoms with E-state index in [9.17, 15) is 18.0 Å². The highest BCUT2D eigenvalue weighted by atomic mass is 32.1. The van der Waals surface area contributed by atoms with E-state index in [0.29, 0.717) is 10.8 Å². The van der Waals surface area contributed by atoms with Gasteiger partial charge in [0.25, 0.3) is 0 Å². The number of anilines is 1. The van der Waals surface area contributed by atoms with Crippen molar-refractivity contribution in [3.05, 3.63) is 10.6 Å². The van der Waals surface area contributed by atoms with Crippen LogP contribution >= 0.6 is 11.3 Å². The van der Waals surface area contributed by atoms with Crippen molar-refractivity contribution in [2.75, 3.05) is 25.1 Å². The number of carboxylic acid groups (broad SMARTS) is 1. The Bertz CT molecular complexity index is 510. The van der Waals surface area contributed by atoms with Crippen molar-refractivity contribution in [1.82, 2.24) is 4.98 Å². The second-order valence-corrected chi connectivity index (χ2v) is 5.79. The number of rotatable bonds is 4. The Morgan fingerprint density at radius 2 is 2.10 bits per heavy atom. The number of thiazole rings is 1. The van der Waals surface area contributed by atoms with Crippen LogP contribution in [0, 0.1) is 5.92 Å². The molecule has 0 amide bonds. The molecular weight excluding hydrogens is 309 g/mol. The number of aromatic nitrogens is 1. The maximum absolute atomic E-state index is 12.6. The van der Waals surface area contributed by atoms with E-state index in [4.69, 9.17) is 9.84 Å². The lowest BCUT2D eigenvalue weighted by atomic mass is 9.97. The monoisotopic (exact) mass is 324 g/mol. The Hall–Kier alpha value is -1.35. The fourth-order valence-corrected chi connectivity index (χ4v) is 3.23. The third-order valence-electron chi connectivity index (χ3n) is 3.39. The van der Waals surface area contributed by atoms with Crippen LogP contribution in [0.25, 0.3) is 0 Å². The van der Waals surface area contributed by atoms with Crippen molar-refractivity contribution in [1.29, 1.82) is 0 Å². The molecule has 0 radical (unpaired) electrons. The molecule has 21 heavy (non-hydrogen) atoms. The molecule has 0 saturated carbocycles. The fourth-order valence-electron chi connectivity index (χ4n) is 2.27. The first-order chi connectivity index (χ1) is 9.82. The molecule has 118 valence electrons. The highest BCUT2D eigenvalue weighted by molar-refractivity contribution is 7.17. The zero-order valence-corrected chi connectivity index (χ0v) is 12.1. The Kier molecular flexibility index (Phi) is 4.72. The van der Waals surface area contributed by atoms with Crippen LogP contribution in [0.1, 0.15) is 28.2 Å². The van der Waals surface area contributed by atoms with Crippen molar-refractivity contribution in [2.24, 2.45) is 5.92 Å². The molecule has 2 rings (SSSR count). The van der Waals surface area contributed by atoms with Gasteiger partial charge in [0.05, 0.1) is 18.2 Å². The van der Waals surface area contributed by atoms with Crippen LogP contribution in [0.2, 0.25) is 0 Å². The number of carbonyl (C=O) groups is 1. The molecular formula is C12H15F3N2O3S. The molecule has 1 aliphatic rings. The molecule has 5 nitrogen and oxygen atoms in total. The van der Waals surface area contributed by atoms with Crippen LogP contribution in [-0.2, 0) is 11.3 Å². The minimum atomic E-state index is -4.16. The molecule has 1 aromatic heterocycles. The van der Waals surface area contributed by atoms with Gasteiger partial charge in [0.1, 0.15) is 4.88 Å². The zero-order chi connectivity index (χ0) is 15.6. The lowest BCUT2D eigenvalue weighted by Crippen LogP contribution is -2.38. The summed E-state index contributed by atoms with van der Waals surface area (Å²) in [6.45, 7) is 0.517. The Morgan fingerprint density at radius 3 is 2.57 bits per heavy atom. The van der Waals surface area contributed by atoms with Gasteiger partial charge in [0.2, 0.25) is 0 Å². The minimum Gasteiger partial charge on any atom is -0.477 e. The largest absolute Gasteiger partial charge is 0.477 e. The molecule has 1 N–H and O–H groups in total.